The van der Waals surface area contributed by atoms with E-state index in [9.17, 15) is 0 Å². The molecule has 0 aromatic carbocycles. The van der Waals surface area contributed by atoms with Gasteiger partial charge in [-0.2, -0.15) is 0 Å². The minimum Gasteiger partial charge on any atom is -0.328 e. The molecule has 0 radical (unpaired) electrons. The number of hydrogen-bond donors (Lipinski definition) is 1. The van der Waals surface area contributed by atoms with Gasteiger partial charge in [-0.05, 0) is 0 Å². The van der Waals surface area contributed by atoms with E-state index in [-0.39, 0.29) is 17.4 Å². The fraction of sp³-hybridized carbons (Fsp3) is 1.00. The molecule has 0 fully saturated rings. The van der Waals surface area contributed by atoms with Crippen molar-refractivity contribution in [3.8, 4) is 0 Å². The molecular formula is C2H10AlO3P. The van der Waals surface area contributed by atoms with E-state index < -0.39 is 8.60 Å². The molecule has 0 atom stereocenters. The van der Waals surface area contributed by atoms with Gasteiger partial charge in [-0.25, -0.2) is 0 Å². The maximum absolute atomic E-state index is 8.29. The Balaban J connectivity index is 0. The second-order valence-electron chi connectivity index (χ2n) is 0.603. The van der Waals surface area contributed by atoms with E-state index in [0.29, 0.717) is 0 Å². The predicted molar refractivity (Wildman–Crippen MR) is 33.1 cm³/mol. The molecule has 0 aromatic rings. The van der Waals surface area contributed by atoms with Crippen molar-refractivity contribution in [3.05, 3.63) is 0 Å². The highest BCUT2D eigenvalue weighted by atomic mass is 31.2. The van der Waals surface area contributed by atoms with Crippen molar-refractivity contribution < 1.29 is 13.9 Å². The first-order valence-electron chi connectivity index (χ1n) is 1.38. The fourth-order valence-corrected chi connectivity index (χ4v) is 0.224. The van der Waals surface area contributed by atoms with Gasteiger partial charge in [0.25, 0.3) is 0 Å². The molecule has 0 amide bonds. The van der Waals surface area contributed by atoms with Crippen LogP contribution in [0.2, 0.25) is 0 Å². The Morgan fingerprint density at radius 1 is 1.29 bits per heavy atom. The van der Waals surface area contributed by atoms with E-state index in [0.717, 1.165) is 0 Å². The summed E-state index contributed by atoms with van der Waals surface area (Å²) in [6.07, 6.45) is 0. The van der Waals surface area contributed by atoms with Gasteiger partial charge in [0.15, 0.2) is 17.4 Å². The van der Waals surface area contributed by atoms with Gasteiger partial charge in [0, 0.05) is 14.2 Å². The monoisotopic (exact) mass is 140 g/mol. The molecule has 5 heteroatoms. The van der Waals surface area contributed by atoms with Gasteiger partial charge in [0.2, 0.25) is 0 Å². The molecule has 44 valence electrons. The molecule has 0 saturated carbocycles. The maximum atomic E-state index is 8.29. The van der Waals surface area contributed by atoms with E-state index in [2.05, 4.69) is 9.05 Å². The minimum atomic E-state index is -1.58. The lowest BCUT2D eigenvalue weighted by Gasteiger charge is -1.98. The molecule has 0 saturated heterocycles. The van der Waals surface area contributed by atoms with Crippen LogP contribution in [0.15, 0.2) is 0 Å². The SMILES string of the molecule is COP(O)OC.[AlH3]. The Labute approximate surface area is 54.8 Å². The number of rotatable bonds is 2. The second-order valence-corrected chi connectivity index (χ2v) is 1.81. The Morgan fingerprint density at radius 2 is 1.57 bits per heavy atom. The van der Waals surface area contributed by atoms with Crippen LogP contribution in [-0.4, -0.2) is 36.5 Å². The first kappa shape index (κ1) is 10.8. The lowest BCUT2D eigenvalue weighted by Crippen LogP contribution is -1.75. The molecule has 0 spiro atoms. The van der Waals surface area contributed by atoms with E-state index in [1.807, 2.05) is 0 Å². The highest BCUT2D eigenvalue weighted by Gasteiger charge is 1.94. The molecule has 0 aliphatic heterocycles. The summed E-state index contributed by atoms with van der Waals surface area (Å²) in [6, 6.07) is 0. The first-order chi connectivity index (χ1) is 2.81. The molecule has 0 bridgehead atoms. The second kappa shape index (κ2) is 6.84. The molecule has 0 rings (SSSR count). The zero-order valence-corrected chi connectivity index (χ0v) is 4.61. The Kier molecular flexibility index (Phi) is 10.5. The van der Waals surface area contributed by atoms with Crippen molar-refractivity contribution in [2.75, 3.05) is 14.2 Å². The molecule has 0 heterocycles. The van der Waals surface area contributed by atoms with Gasteiger partial charge >= 0.3 is 8.60 Å². The standard InChI is InChI=1S/C2H7O3P.Al.3H/c1-4-6(3)5-2;;;;/h3H,1-2H3;;;;. The highest BCUT2D eigenvalue weighted by molar-refractivity contribution is 7.40. The summed E-state index contributed by atoms with van der Waals surface area (Å²) in [5, 5.41) is 0. The molecule has 0 aliphatic carbocycles. The topological polar surface area (TPSA) is 38.7 Å². The van der Waals surface area contributed by atoms with Crippen molar-refractivity contribution in [2.24, 2.45) is 0 Å². The van der Waals surface area contributed by atoms with E-state index in [4.69, 9.17) is 4.89 Å². The molecule has 0 unspecified atom stereocenters. The molecule has 3 nitrogen and oxygen atoms in total. The summed E-state index contributed by atoms with van der Waals surface area (Å²) < 4.78 is 8.59. The van der Waals surface area contributed by atoms with Crippen LogP contribution >= 0.6 is 8.60 Å². The Morgan fingerprint density at radius 3 is 1.57 bits per heavy atom. The zero-order chi connectivity index (χ0) is 4.99. The van der Waals surface area contributed by atoms with Gasteiger partial charge in [-0.3, -0.25) is 0 Å². The lowest BCUT2D eigenvalue weighted by atomic mass is 11.8. The molecular weight excluding hydrogens is 130 g/mol. The van der Waals surface area contributed by atoms with Crippen molar-refractivity contribution in [1.29, 1.82) is 0 Å². The van der Waals surface area contributed by atoms with Crippen LogP contribution in [0, 0.1) is 0 Å². The maximum Gasteiger partial charge on any atom is 0.329 e. The van der Waals surface area contributed by atoms with Crippen molar-refractivity contribution in [2.45, 2.75) is 0 Å². The third-order valence-electron chi connectivity index (χ3n) is 0.312. The largest absolute Gasteiger partial charge is 0.329 e. The molecule has 1 N–H and O–H groups in total. The van der Waals surface area contributed by atoms with Crippen molar-refractivity contribution in [1.82, 2.24) is 0 Å². The van der Waals surface area contributed by atoms with Crippen LogP contribution in [0.1, 0.15) is 0 Å². The van der Waals surface area contributed by atoms with E-state index in [1.54, 1.807) is 0 Å². The average molecular weight is 140 g/mol. The first-order valence-corrected chi connectivity index (χ1v) is 2.51. The predicted octanol–water partition coefficient (Wildman–Crippen LogP) is -0.686. The van der Waals surface area contributed by atoms with E-state index >= 15 is 0 Å². The molecule has 0 aliphatic rings. The summed E-state index contributed by atoms with van der Waals surface area (Å²) in [6.45, 7) is 0. The van der Waals surface area contributed by atoms with Gasteiger partial charge < -0.3 is 13.9 Å². The minimum absolute atomic E-state index is 0. The van der Waals surface area contributed by atoms with Gasteiger partial charge in [0.1, 0.15) is 0 Å². The average Bonchev–Trinajstić information content (AvgIpc) is 1.65. The summed E-state index contributed by atoms with van der Waals surface area (Å²) in [5.41, 5.74) is 0. The highest BCUT2D eigenvalue weighted by Crippen LogP contribution is 2.28. The Hall–Kier alpha value is 0.842. The third-order valence-corrected chi connectivity index (χ3v) is 0.937. The summed E-state index contributed by atoms with van der Waals surface area (Å²) in [5.74, 6) is 0. The number of hydrogen-bond acceptors (Lipinski definition) is 3. The lowest BCUT2D eigenvalue weighted by molar-refractivity contribution is 0.271. The quantitative estimate of drug-likeness (QED) is 0.407. The van der Waals surface area contributed by atoms with Gasteiger partial charge in [-0.15, -0.1) is 0 Å². The third kappa shape index (κ3) is 6.84. The normalized spacial score (nSPS) is 8.57. The van der Waals surface area contributed by atoms with Gasteiger partial charge in [-0.1, -0.05) is 0 Å². The zero-order valence-electron chi connectivity index (χ0n) is 3.71. The Bertz CT molecular complexity index is 32.1. The summed E-state index contributed by atoms with van der Waals surface area (Å²) in [7, 11) is 1.19. The summed E-state index contributed by atoms with van der Waals surface area (Å²) in [4.78, 5) is 8.29. The molecule has 7 heavy (non-hydrogen) atoms. The summed E-state index contributed by atoms with van der Waals surface area (Å²) >= 11 is 0. The molecule has 0 aromatic heterocycles. The van der Waals surface area contributed by atoms with Crippen molar-refractivity contribution >= 4 is 26.0 Å². The van der Waals surface area contributed by atoms with Crippen LogP contribution in [0.5, 0.6) is 0 Å². The van der Waals surface area contributed by atoms with Crippen LogP contribution < -0.4 is 0 Å². The van der Waals surface area contributed by atoms with Crippen LogP contribution in [0.25, 0.3) is 0 Å². The van der Waals surface area contributed by atoms with Crippen LogP contribution in [0.4, 0.5) is 0 Å². The fourth-order valence-electron chi connectivity index (χ4n) is 0.0745. The van der Waals surface area contributed by atoms with Crippen LogP contribution in [0.3, 0.4) is 0 Å². The van der Waals surface area contributed by atoms with Gasteiger partial charge in [0.05, 0.1) is 0 Å². The van der Waals surface area contributed by atoms with Crippen molar-refractivity contribution in [3.63, 3.8) is 0 Å². The smallest absolute Gasteiger partial charge is 0.328 e. The van der Waals surface area contributed by atoms with E-state index in [1.165, 1.54) is 14.2 Å². The van der Waals surface area contributed by atoms with Crippen LogP contribution in [-0.2, 0) is 9.05 Å².